The Kier molecular flexibility index (Phi) is 6.19. The predicted molar refractivity (Wildman–Crippen MR) is 95.3 cm³/mol. The number of aromatic nitrogens is 2. The van der Waals surface area contributed by atoms with Crippen LogP contribution in [0.15, 0.2) is 52.1 Å². The summed E-state index contributed by atoms with van der Waals surface area (Å²) < 4.78 is 50.1. The Bertz CT molecular complexity index is 966. The maximum Gasteiger partial charge on any atom is 0.277 e. The van der Waals surface area contributed by atoms with Gasteiger partial charge in [0.05, 0.1) is 10.9 Å². The quantitative estimate of drug-likeness (QED) is 0.590. The molecule has 0 saturated heterocycles. The molecule has 3 aromatic rings. The van der Waals surface area contributed by atoms with Crippen molar-refractivity contribution in [2.24, 2.45) is 0 Å². The third kappa shape index (κ3) is 5.26. The van der Waals surface area contributed by atoms with E-state index in [-0.39, 0.29) is 29.2 Å². The van der Waals surface area contributed by atoms with Crippen LogP contribution in [0, 0.1) is 17.5 Å². The fourth-order valence-corrected chi connectivity index (χ4v) is 2.75. The van der Waals surface area contributed by atoms with Crippen molar-refractivity contribution in [1.82, 2.24) is 10.2 Å². The third-order valence-electron chi connectivity index (χ3n) is 3.46. The third-order valence-corrected chi connectivity index (χ3v) is 4.39. The van der Waals surface area contributed by atoms with Gasteiger partial charge in [0, 0.05) is 6.07 Å². The number of thioether (sulfide) groups is 1. The number of carbonyl (C=O) groups is 1. The number of hydrogen-bond acceptors (Lipinski definition) is 6. The molecule has 0 aliphatic heterocycles. The molecule has 0 aliphatic rings. The Morgan fingerprint density at radius 2 is 1.86 bits per heavy atom. The van der Waals surface area contributed by atoms with E-state index in [4.69, 9.17) is 9.15 Å². The topological polar surface area (TPSA) is 77.2 Å². The molecule has 1 unspecified atom stereocenters. The molecule has 0 bridgehead atoms. The number of carbonyl (C=O) groups excluding carboxylic acids is 1. The lowest BCUT2D eigenvalue weighted by Gasteiger charge is -2.10. The molecule has 1 atom stereocenters. The summed E-state index contributed by atoms with van der Waals surface area (Å²) >= 11 is 0.970. The molecular formula is C18H14F3N3O3S. The van der Waals surface area contributed by atoms with E-state index in [2.05, 4.69) is 15.5 Å². The summed E-state index contributed by atoms with van der Waals surface area (Å²) in [5.74, 6) is -1.90. The van der Waals surface area contributed by atoms with Crippen molar-refractivity contribution in [2.45, 2.75) is 24.0 Å². The number of hydrogen-bond donors (Lipinski definition) is 1. The van der Waals surface area contributed by atoms with Crippen molar-refractivity contribution in [3.8, 4) is 5.75 Å². The van der Waals surface area contributed by atoms with Gasteiger partial charge in [-0.05, 0) is 43.3 Å². The van der Waals surface area contributed by atoms with E-state index in [0.717, 1.165) is 23.9 Å². The number of halogens is 3. The van der Waals surface area contributed by atoms with Gasteiger partial charge in [-0.25, -0.2) is 13.2 Å². The zero-order valence-corrected chi connectivity index (χ0v) is 15.3. The highest BCUT2D eigenvalue weighted by Gasteiger charge is 2.20. The van der Waals surface area contributed by atoms with Crippen LogP contribution in [0.5, 0.6) is 5.75 Å². The van der Waals surface area contributed by atoms with Gasteiger partial charge in [-0.15, -0.1) is 10.2 Å². The molecule has 10 heteroatoms. The molecule has 0 fully saturated rings. The van der Waals surface area contributed by atoms with Gasteiger partial charge in [0.2, 0.25) is 5.91 Å². The van der Waals surface area contributed by atoms with Crippen LogP contribution in [0.3, 0.4) is 0 Å². The smallest absolute Gasteiger partial charge is 0.277 e. The molecule has 0 spiro atoms. The predicted octanol–water partition coefficient (Wildman–Crippen LogP) is 4.19. The van der Waals surface area contributed by atoms with Gasteiger partial charge in [0.1, 0.15) is 23.2 Å². The van der Waals surface area contributed by atoms with Crippen LogP contribution in [0.4, 0.5) is 18.9 Å². The first-order valence-electron chi connectivity index (χ1n) is 8.04. The molecule has 0 saturated carbocycles. The van der Waals surface area contributed by atoms with E-state index < -0.39 is 22.8 Å². The van der Waals surface area contributed by atoms with Gasteiger partial charge in [-0.2, -0.15) is 0 Å². The number of anilines is 1. The van der Waals surface area contributed by atoms with E-state index in [9.17, 15) is 18.0 Å². The van der Waals surface area contributed by atoms with Gasteiger partial charge in [-0.1, -0.05) is 11.8 Å². The molecule has 2 aromatic carbocycles. The Balaban J connectivity index is 1.53. The Labute approximate surface area is 162 Å². The molecule has 1 aromatic heterocycles. The number of nitrogens with zero attached hydrogens (tertiary/aromatic N) is 2. The summed E-state index contributed by atoms with van der Waals surface area (Å²) in [5, 5.41) is 9.41. The molecular weight excluding hydrogens is 395 g/mol. The number of benzene rings is 2. The van der Waals surface area contributed by atoms with Gasteiger partial charge in [0.25, 0.3) is 11.1 Å². The van der Waals surface area contributed by atoms with Crippen LogP contribution in [0.25, 0.3) is 0 Å². The number of rotatable bonds is 7. The van der Waals surface area contributed by atoms with E-state index in [0.29, 0.717) is 11.8 Å². The van der Waals surface area contributed by atoms with Gasteiger partial charge in [0.15, 0.2) is 6.61 Å². The lowest BCUT2D eigenvalue weighted by Crippen LogP contribution is -2.23. The zero-order chi connectivity index (χ0) is 20.1. The first-order valence-corrected chi connectivity index (χ1v) is 8.92. The molecule has 3 rings (SSSR count). The van der Waals surface area contributed by atoms with Crippen molar-refractivity contribution in [2.75, 3.05) is 5.32 Å². The largest absolute Gasteiger partial charge is 0.484 e. The molecule has 1 heterocycles. The highest BCUT2D eigenvalue weighted by molar-refractivity contribution is 8.00. The first kappa shape index (κ1) is 19.7. The standard InChI is InChI=1S/C18H14F3N3O3S/c1-10(17(25)22-15-7-4-12(20)8-14(15)21)28-18-24-23-16(27-18)9-26-13-5-2-11(19)3-6-13/h2-8,10H,9H2,1H3,(H,22,25). The minimum Gasteiger partial charge on any atom is -0.484 e. The van der Waals surface area contributed by atoms with Gasteiger partial charge >= 0.3 is 0 Å². The Morgan fingerprint density at radius 1 is 1.14 bits per heavy atom. The Morgan fingerprint density at radius 3 is 2.57 bits per heavy atom. The second kappa shape index (κ2) is 8.79. The monoisotopic (exact) mass is 409 g/mol. The van der Waals surface area contributed by atoms with Crippen molar-refractivity contribution in [3.05, 3.63) is 65.8 Å². The second-order valence-corrected chi connectivity index (χ2v) is 6.87. The molecule has 1 amide bonds. The average molecular weight is 409 g/mol. The molecule has 6 nitrogen and oxygen atoms in total. The van der Waals surface area contributed by atoms with E-state index in [1.807, 2.05) is 0 Å². The normalized spacial score (nSPS) is 11.9. The van der Waals surface area contributed by atoms with E-state index in [1.54, 1.807) is 6.92 Å². The lowest BCUT2D eigenvalue weighted by molar-refractivity contribution is -0.115. The van der Waals surface area contributed by atoms with Crippen LogP contribution in [-0.2, 0) is 11.4 Å². The van der Waals surface area contributed by atoms with Crippen LogP contribution in [-0.4, -0.2) is 21.4 Å². The van der Waals surface area contributed by atoms with E-state index >= 15 is 0 Å². The van der Waals surface area contributed by atoms with E-state index in [1.165, 1.54) is 24.3 Å². The maximum absolute atomic E-state index is 13.6. The summed E-state index contributed by atoms with van der Waals surface area (Å²) in [4.78, 5) is 12.2. The highest BCUT2D eigenvalue weighted by Crippen LogP contribution is 2.24. The lowest BCUT2D eigenvalue weighted by atomic mass is 10.3. The van der Waals surface area contributed by atoms with Gasteiger partial charge in [-0.3, -0.25) is 4.79 Å². The first-order chi connectivity index (χ1) is 13.4. The minimum absolute atomic E-state index is 0.0272. The Hall–Kier alpha value is -3.01. The SMILES string of the molecule is CC(Sc1nnc(COc2ccc(F)cc2)o1)C(=O)Nc1ccc(F)cc1F. The summed E-state index contributed by atoms with van der Waals surface area (Å²) in [7, 11) is 0. The highest BCUT2D eigenvalue weighted by atomic mass is 32.2. The maximum atomic E-state index is 13.6. The number of nitrogens with one attached hydrogen (secondary N) is 1. The second-order valence-electron chi connectivity index (χ2n) is 5.58. The fourth-order valence-electron chi connectivity index (χ4n) is 2.05. The van der Waals surface area contributed by atoms with Crippen molar-refractivity contribution in [3.63, 3.8) is 0 Å². The molecule has 146 valence electrons. The fraction of sp³-hybridized carbons (Fsp3) is 0.167. The van der Waals surface area contributed by atoms with Crippen LogP contribution in [0.2, 0.25) is 0 Å². The molecule has 0 radical (unpaired) electrons. The summed E-state index contributed by atoms with van der Waals surface area (Å²) in [5.41, 5.74) is -0.127. The number of amides is 1. The summed E-state index contributed by atoms with van der Waals surface area (Å²) in [6.07, 6.45) is 0. The zero-order valence-electron chi connectivity index (χ0n) is 14.5. The minimum atomic E-state index is -0.872. The van der Waals surface area contributed by atoms with Crippen molar-refractivity contribution in [1.29, 1.82) is 0 Å². The van der Waals surface area contributed by atoms with Crippen molar-refractivity contribution >= 4 is 23.4 Å². The molecule has 1 N–H and O–H groups in total. The van der Waals surface area contributed by atoms with Crippen LogP contribution >= 0.6 is 11.8 Å². The summed E-state index contributed by atoms with van der Waals surface area (Å²) in [6, 6.07) is 8.30. The number of ether oxygens (including phenoxy) is 1. The van der Waals surface area contributed by atoms with Gasteiger partial charge < -0.3 is 14.5 Å². The van der Waals surface area contributed by atoms with Crippen molar-refractivity contribution < 1.29 is 27.1 Å². The summed E-state index contributed by atoms with van der Waals surface area (Å²) in [6.45, 7) is 1.54. The molecule has 28 heavy (non-hydrogen) atoms. The van der Waals surface area contributed by atoms with Crippen LogP contribution < -0.4 is 10.1 Å². The molecule has 0 aliphatic carbocycles. The average Bonchev–Trinajstić information content (AvgIpc) is 3.11. The van der Waals surface area contributed by atoms with Crippen LogP contribution in [0.1, 0.15) is 12.8 Å².